The van der Waals surface area contributed by atoms with E-state index in [1.54, 1.807) is 12.1 Å². The van der Waals surface area contributed by atoms with Gasteiger partial charge in [-0.3, -0.25) is 19.5 Å². The van der Waals surface area contributed by atoms with Crippen molar-refractivity contribution in [2.45, 2.75) is 45.4 Å². The second-order valence-corrected chi connectivity index (χ2v) is 6.24. The molecule has 1 aliphatic rings. The van der Waals surface area contributed by atoms with E-state index in [2.05, 4.69) is 11.9 Å². The second kappa shape index (κ2) is 6.99. The lowest BCUT2D eigenvalue weighted by Gasteiger charge is -2.27. The van der Waals surface area contributed by atoms with Crippen molar-refractivity contribution in [3.63, 3.8) is 0 Å². The van der Waals surface area contributed by atoms with E-state index < -0.39 is 0 Å². The minimum absolute atomic E-state index is 0.0134. The number of unbranched alkanes of at least 4 members (excludes halogenated alkanes) is 5. The molecular formula is C19H22N2O3. The Balaban J connectivity index is 1.80. The highest BCUT2D eigenvalue weighted by atomic mass is 16.3. The summed E-state index contributed by atoms with van der Waals surface area (Å²) in [6.07, 6.45) is 8.10. The summed E-state index contributed by atoms with van der Waals surface area (Å²) in [5.74, 6) is -0.598. The van der Waals surface area contributed by atoms with Crippen LogP contribution in [0.2, 0.25) is 0 Å². The van der Waals surface area contributed by atoms with Gasteiger partial charge in [0.2, 0.25) is 0 Å². The van der Waals surface area contributed by atoms with E-state index in [1.165, 1.54) is 36.4 Å². The molecule has 5 nitrogen and oxygen atoms in total. The van der Waals surface area contributed by atoms with Crippen molar-refractivity contribution in [2.75, 3.05) is 6.54 Å². The standard InChI is InChI=1S/C19H22N2O3/c1-2-3-4-5-6-7-12-21-18(23)13-8-9-15(22)17-16(13)14(19(21)24)10-11-20-17/h8-11,22H,2-7,12H2,1H3. The topological polar surface area (TPSA) is 70.5 Å². The van der Waals surface area contributed by atoms with Gasteiger partial charge in [-0.15, -0.1) is 0 Å². The van der Waals surface area contributed by atoms with Crippen molar-refractivity contribution in [2.24, 2.45) is 0 Å². The fraction of sp³-hybridized carbons (Fsp3) is 0.421. The normalized spacial score (nSPS) is 13.8. The van der Waals surface area contributed by atoms with Gasteiger partial charge in [0.25, 0.3) is 11.8 Å². The fourth-order valence-electron chi connectivity index (χ4n) is 3.25. The molecule has 3 rings (SSSR count). The van der Waals surface area contributed by atoms with Gasteiger partial charge in [0.1, 0.15) is 11.3 Å². The van der Waals surface area contributed by atoms with Crippen molar-refractivity contribution >= 4 is 22.7 Å². The van der Waals surface area contributed by atoms with E-state index in [1.807, 2.05) is 0 Å². The van der Waals surface area contributed by atoms with Gasteiger partial charge >= 0.3 is 0 Å². The van der Waals surface area contributed by atoms with Gasteiger partial charge in [-0.25, -0.2) is 0 Å². The van der Waals surface area contributed by atoms with Crippen molar-refractivity contribution in [3.05, 3.63) is 35.5 Å². The number of rotatable bonds is 7. The number of aromatic hydroxyl groups is 1. The number of amides is 2. The largest absolute Gasteiger partial charge is 0.506 e. The van der Waals surface area contributed by atoms with Crippen molar-refractivity contribution in [1.82, 2.24) is 9.88 Å². The highest BCUT2D eigenvalue weighted by Gasteiger charge is 2.33. The lowest BCUT2D eigenvalue weighted by Crippen LogP contribution is -2.40. The third-order valence-electron chi connectivity index (χ3n) is 4.56. The Morgan fingerprint density at radius 1 is 0.958 bits per heavy atom. The number of carbonyl (C=O) groups excluding carboxylic acids is 2. The molecule has 1 aromatic heterocycles. The molecule has 0 atom stereocenters. The average Bonchev–Trinajstić information content (AvgIpc) is 2.59. The van der Waals surface area contributed by atoms with Crippen LogP contribution >= 0.6 is 0 Å². The first kappa shape index (κ1) is 16.4. The van der Waals surface area contributed by atoms with Crippen LogP contribution in [-0.4, -0.2) is 33.3 Å². The van der Waals surface area contributed by atoms with Gasteiger partial charge in [0, 0.05) is 18.1 Å². The van der Waals surface area contributed by atoms with Crippen LogP contribution in [0, 0.1) is 0 Å². The molecule has 0 saturated heterocycles. The summed E-state index contributed by atoms with van der Waals surface area (Å²) >= 11 is 0. The average molecular weight is 326 g/mol. The Morgan fingerprint density at radius 3 is 2.38 bits per heavy atom. The molecule has 1 N–H and O–H groups in total. The van der Waals surface area contributed by atoms with Gasteiger partial charge < -0.3 is 5.11 Å². The zero-order chi connectivity index (χ0) is 17.1. The highest BCUT2D eigenvalue weighted by Crippen LogP contribution is 2.33. The molecule has 24 heavy (non-hydrogen) atoms. The van der Waals surface area contributed by atoms with Crippen molar-refractivity contribution in [1.29, 1.82) is 0 Å². The minimum atomic E-state index is -0.293. The maximum absolute atomic E-state index is 12.7. The molecule has 0 bridgehead atoms. The first-order chi connectivity index (χ1) is 11.6. The van der Waals surface area contributed by atoms with E-state index in [-0.39, 0.29) is 17.6 Å². The predicted octanol–water partition coefficient (Wildman–Crippen LogP) is 3.90. The molecule has 1 aliphatic heterocycles. The SMILES string of the molecule is CCCCCCCCN1C(=O)c2ccnc3c(O)ccc(c23)C1=O. The molecular weight excluding hydrogens is 304 g/mol. The predicted molar refractivity (Wildman–Crippen MR) is 92.2 cm³/mol. The van der Waals surface area contributed by atoms with Crippen LogP contribution in [0.15, 0.2) is 24.4 Å². The Labute approximate surface area is 141 Å². The summed E-state index contributed by atoms with van der Waals surface area (Å²) in [4.78, 5) is 30.8. The summed E-state index contributed by atoms with van der Waals surface area (Å²) < 4.78 is 0. The van der Waals surface area contributed by atoms with Crippen LogP contribution in [0.25, 0.3) is 10.9 Å². The molecule has 2 amide bonds. The molecule has 126 valence electrons. The number of phenolic OH excluding ortho intramolecular Hbond substituents is 1. The maximum atomic E-state index is 12.7. The number of hydrogen-bond donors (Lipinski definition) is 1. The van der Waals surface area contributed by atoms with Crippen LogP contribution in [0.5, 0.6) is 5.75 Å². The third kappa shape index (κ3) is 2.86. The lowest BCUT2D eigenvalue weighted by molar-refractivity contribution is 0.0607. The van der Waals surface area contributed by atoms with Crippen LogP contribution in [0.4, 0.5) is 0 Å². The molecule has 0 unspecified atom stereocenters. The number of pyridine rings is 1. The van der Waals surface area contributed by atoms with Gasteiger partial charge in [0.15, 0.2) is 0 Å². The van der Waals surface area contributed by atoms with E-state index in [0.29, 0.717) is 28.6 Å². The summed E-state index contributed by atoms with van der Waals surface area (Å²) in [6, 6.07) is 4.66. The third-order valence-corrected chi connectivity index (χ3v) is 4.56. The highest BCUT2D eigenvalue weighted by molar-refractivity contribution is 6.25. The number of carbonyl (C=O) groups is 2. The molecule has 0 fully saturated rings. The second-order valence-electron chi connectivity index (χ2n) is 6.24. The van der Waals surface area contributed by atoms with E-state index in [0.717, 1.165) is 19.3 Å². The Morgan fingerprint density at radius 2 is 1.62 bits per heavy atom. The van der Waals surface area contributed by atoms with E-state index >= 15 is 0 Å². The summed E-state index contributed by atoms with van der Waals surface area (Å²) in [7, 11) is 0. The first-order valence-electron chi connectivity index (χ1n) is 8.62. The zero-order valence-corrected chi connectivity index (χ0v) is 13.9. The molecule has 1 aromatic carbocycles. The number of aromatic nitrogens is 1. The minimum Gasteiger partial charge on any atom is -0.506 e. The summed E-state index contributed by atoms with van der Waals surface area (Å²) in [5.41, 5.74) is 1.19. The molecule has 0 aliphatic carbocycles. The van der Waals surface area contributed by atoms with E-state index in [9.17, 15) is 14.7 Å². The van der Waals surface area contributed by atoms with Gasteiger partial charge in [-0.1, -0.05) is 39.0 Å². The summed E-state index contributed by atoms with van der Waals surface area (Å²) in [6.45, 7) is 2.61. The number of nitrogens with zero attached hydrogens (tertiary/aromatic N) is 2. The van der Waals surface area contributed by atoms with Crippen molar-refractivity contribution in [3.8, 4) is 5.75 Å². The molecule has 0 radical (unpaired) electrons. The molecule has 2 heterocycles. The van der Waals surface area contributed by atoms with Crippen LogP contribution in [0.3, 0.4) is 0 Å². The quantitative estimate of drug-likeness (QED) is 0.619. The Hall–Kier alpha value is -2.43. The number of benzene rings is 1. The number of imide groups is 1. The van der Waals surface area contributed by atoms with E-state index in [4.69, 9.17) is 0 Å². The molecule has 0 saturated carbocycles. The molecule has 2 aromatic rings. The van der Waals surface area contributed by atoms with Crippen LogP contribution in [-0.2, 0) is 0 Å². The molecule has 5 heteroatoms. The smallest absolute Gasteiger partial charge is 0.261 e. The van der Waals surface area contributed by atoms with Gasteiger partial charge in [0.05, 0.1) is 11.1 Å². The first-order valence-corrected chi connectivity index (χ1v) is 8.62. The maximum Gasteiger partial charge on any atom is 0.261 e. The van der Waals surface area contributed by atoms with Crippen molar-refractivity contribution < 1.29 is 14.7 Å². The van der Waals surface area contributed by atoms with Gasteiger partial charge in [-0.05, 0) is 24.6 Å². The Kier molecular flexibility index (Phi) is 4.79. The summed E-state index contributed by atoms with van der Waals surface area (Å²) in [5, 5.41) is 10.4. The van der Waals surface area contributed by atoms with Crippen LogP contribution in [0.1, 0.15) is 66.2 Å². The zero-order valence-electron chi connectivity index (χ0n) is 13.9. The monoisotopic (exact) mass is 326 g/mol. The number of hydrogen-bond acceptors (Lipinski definition) is 4. The van der Waals surface area contributed by atoms with Crippen LogP contribution < -0.4 is 0 Å². The Bertz CT molecular complexity index is 763. The number of phenols is 1. The van der Waals surface area contributed by atoms with Gasteiger partial charge in [-0.2, -0.15) is 0 Å². The fourth-order valence-corrected chi connectivity index (χ4v) is 3.25. The molecule has 0 spiro atoms. The lowest BCUT2D eigenvalue weighted by atomic mass is 9.96.